The number of benzene rings is 1. The summed E-state index contributed by atoms with van der Waals surface area (Å²) in [5.41, 5.74) is -0.205. The van der Waals surface area contributed by atoms with Crippen LogP contribution in [0.1, 0.15) is 20.9 Å². The van der Waals surface area contributed by atoms with Gasteiger partial charge < -0.3 is 4.90 Å². The zero-order chi connectivity index (χ0) is 16.3. The third-order valence-electron chi connectivity index (χ3n) is 2.98. The SMILES string of the molecule is Cc1ccc(C(=O)Nc2nnc(CCN(C)C)s2)c(F)c1F. The van der Waals surface area contributed by atoms with Crippen LogP contribution < -0.4 is 5.32 Å². The minimum Gasteiger partial charge on any atom is -0.309 e. The molecule has 0 saturated heterocycles. The Morgan fingerprint density at radius 1 is 1.27 bits per heavy atom. The molecule has 1 N–H and O–H groups in total. The summed E-state index contributed by atoms with van der Waals surface area (Å²) in [5.74, 6) is -2.92. The molecule has 8 heteroatoms. The number of carbonyl (C=O) groups excluding carboxylic acids is 1. The van der Waals surface area contributed by atoms with Gasteiger partial charge in [0, 0.05) is 13.0 Å². The Labute approximate surface area is 131 Å². The molecule has 1 amide bonds. The number of hydrogen-bond acceptors (Lipinski definition) is 5. The summed E-state index contributed by atoms with van der Waals surface area (Å²) in [7, 11) is 3.89. The number of nitrogens with zero attached hydrogens (tertiary/aromatic N) is 3. The second-order valence-electron chi connectivity index (χ2n) is 5.07. The van der Waals surface area contributed by atoms with Crippen LogP contribution in [0.4, 0.5) is 13.9 Å². The molecule has 0 spiro atoms. The van der Waals surface area contributed by atoms with Crippen molar-refractivity contribution in [1.29, 1.82) is 0 Å². The van der Waals surface area contributed by atoms with Gasteiger partial charge in [0.25, 0.3) is 5.91 Å². The molecule has 0 saturated carbocycles. The van der Waals surface area contributed by atoms with E-state index in [0.717, 1.165) is 11.6 Å². The number of likely N-dealkylation sites (N-methyl/N-ethyl adjacent to an activating group) is 1. The van der Waals surface area contributed by atoms with E-state index in [0.29, 0.717) is 6.42 Å². The number of carbonyl (C=O) groups is 1. The first-order valence-electron chi connectivity index (χ1n) is 6.61. The summed E-state index contributed by atoms with van der Waals surface area (Å²) in [6.45, 7) is 2.24. The molecule has 0 bridgehead atoms. The van der Waals surface area contributed by atoms with Crippen molar-refractivity contribution in [3.05, 3.63) is 39.9 Å². The molecule has 22 heavy (non-hydrogen) atoms. The fourth-order valence-corrected chi connectivity index (χ4v) is 2.43. The third-order valence-corrected chi connectivity index (χ3v) is 3.88. The predicted octanol–water partition coefficient (Wildman–Crippen LogP) is 2.48. The maximum Gasteiger partial charge on any atom is 0.260 e. The molecule has 0 fully saturated rings. The second kappa shape index (κ2) is 6.89. The van der Waals surface area contributed by atoms with Crippen molar-refractivity contribution >= 4 is 22.4 Å². The standard InChI is InChI=1S/C14H16F2N4OS/c1-8-4-5-9(12(16)11(8)15)13(21)17-14-19-18-10(22-14)6-7-20(2)3/h4-5H,6-7H2,1-3H3,(H,17,19,21). The maximum atomic E-state index is 13.8. The predicted molar refractivity (Wildman–Crippen MR) is 81.2 cm³/mol. The number of halogens is 2. The van der Waals surface area contributed by atoms with Crippen LogP contribution in [-0.2, 0) is 6.42 Å². The topological polar surface area (TPSA) is 58.1 Å². The quantitative estimate of drug-likeness (QED) is 0.917. The van der Waals surface area contributed by atoms with Crippen molar-refractivity contribution in [2.24, 2.45) is 0 Å². The van der Waals surface area contributed by atoms with E-state index < -0.39 is 17.5 Å². The Kier molecular flexibility index (Phi) is 5.15. The number of aryl methyl sites for hydroxylation is 1. The number of hydrogen-bond donors (Lipinski definition) is 1. The first kappa shape index (κ1) is 16.4. The highest BCUT2D eigenvalue weighted by atomic mass is 32.1. The average Bonchev–Trinajstić information content (AvgIpc) is 2.90. The summed E-state index contributed by atoms with van der Waals surface area (Å²) in [6, 6.07) is 2.60. The van der Waals surface area contributed by atoms with Gasteiger partial charge in [0.05, 0.1) is 5.56 Å². The number of nitrogens with one attached hydrogen (secondary N) is 1. The highest BCUT2D eigenvalue weighted by molar-refractivity contribution is 7.15. The molecular formula is C14H16F2N4OS. The van der Waals surface area contributed by atoms with E-state index in [1.54, 1.807) is 0 Å². The van der Waals surface area contributed by atoms with E-state index in [2.05, 4.69) is 15.5 Å². The van der Waals surface area contributed by atoms with Crippen molar-refractivity contribution in [3.63, 3.8) is 0 Å². The summed E-state index contributed by atoms with van der Waals surface area (Å²) in [6.07, 6.45) is 0.702. The van der Waals surface area contributed by atoms with E-state index >= 15 is 0 Å². The molecule has 0 radical (unpaired) electrons. The average molecular weight is 326 g/mol. The minimum atomic E-state index is -1.16. The molecule has 1 aromatic carbocycles. The van der Waals surface area contributed by atoms with Gasteiger partial charge in [-0.15, -0.1) is 10.2 Å². The van der Waals surface area contributed by atoms with Gasteiger partial charge >= 0.3 is 0 Å². The van der Waals surface area contributed by atoms with Crippen LogP contribution in [0.25, 0.3) is 0 Å². The van der Waals surface area contributed by atoms with Gasteiger partial charge in [0.2, 0.25) is 5.13 Å². The molecule has 1 heterocycles. The van der Waals surface area contributed by atoms with E-state index in [-0.39, 0.29) is 16.3 Å². The van der Waals surface area contributed by atoms with Crippen molar-refractivity contribution in [1.82, 2.24) is 15.1 Å². The van der Waals surface area contributed by atoms with E-state index in [9.17, 15) is 13.6 Å². The summed E-state index contributed by atoms with van der Waals surface area (Å²) in [5, 5.41) is 11.2. The van der Waals surface area contributed by atoms with Crippen LogP contribution in [0.5, 0.6) is 0 Å². The van der Waals surface area contributed by atoms with Gasteiger partial charge in [-0.3, -0.25) is 10.1 Å². The van der Waals surface area contributed by atoms with Gasteiger partial charge in [-0.05, 0) is 32.6 Å². The summed E-state index contributed by atoms with van der Waals surface area (Å²) >= 11 is 1.21. The van der Waals surface area contributed by atoms with E-state index in [4.69, 9.17) is 0 Å². The highest BCUT2D eigenvalue weighted by Gasteiger charge is 2.18. The Morgan fingerprint density at radius 2 is 2.00 bits per heavy atom. The first-order chi connectivity index (χ1) is 10.4. The zero-order valence-electron chi connectivity index (χ0n) is 12.5. The molecule has 2 aromatic rings. The number of rotatable bonds is 5. The normalized spacial score (nSPS) is 11.0. The fraction of sp³-hybridized carbons (Fsp3) is 0.357. The van der Waals surface area contributed by atoms with Crippen molar-refractivity contribution in [2.75, 3.05) is 26.0 Å². The van der Waals surface area contributed by atoms with Gasteiger partial charge in [-0.2, -0.15) is 0 Å². The lowest BCUT2D eigenvalue weighted by Crippen LogP contribution is -2.15. The third kappa shape index (κ3) is 3.83. The van der Waals surface area contributed by atoms with Crippen LogP contribution in [-0.4, -0.2) is 41.6 Å². The molecule has 0 unspecified atom stereocenters. The molecule has 0 atom stereocenters. The summed E-state index contributed by atoms with van der Waals surface area (Å²) < 4.78 is 27.2. The lowest BCUT2D eigenvalue weighted by Gasteiger charge is -2.06. The molecule has 0 aliphatic rings. The van der Waals surface area contributed by atoms with Crippen LogP contribution in [0.2, 0.25) is 0 Å². The van der Waals surface area contributed by atoms with Gasteiger partial charge in [0.15, 0.2) is 11.6 Å². The molecule has 118 valence electrons. The molecule has 0 aliphatic heterocycles. The Bertz CT molecular complexity index is 687. The van der Waals surface area contributed by atoms with E-state index in [1.165, 1.54) is 30.4 Å². The monoisotopic (exact) mass is 326 g/mol. The second-order valence-corrected chi connectivity index (χ2v) is 6.13. The number of amides is 1. The number of aromatic nitrogens is 2. The Hall–Kier alpha value is -1.93. The Balaban J connectivity index is 2.08. The molecule has 2 rings (SSSR count). The molecule has 1 aromatic heterocycles. The van der Waals surface area contributed by atoms with Gasteiger partial charge in [-0.25, -0.2) is 8.78 Å². The van der Waals surface area contributed by atoms with Crippen molar-refractivity contribution < 1.29 is 13.6 Å². The molecule has 5 nitrogen and oxygen atoms in total. The molecular weight excluding hydrogens is 310 g/mol. The first-order valence-corrected chi connectivity index (χ1v) is 7.43. The smallest absolute Gasteiger partial charge is 0.260 e. The minimum absolute atomic E-state index is 0.149. The van der Waals surface area contributed by atoms with Crippen molar-refractivity contribution in [3.8, 4) is 0 Å². The van der Waals surface area contributed by atoms with Crippen LogP contribution in [0.15, 0.2) is 12.1 Å². The number of anilines is 1. The fourth-order valence-electron chi connectivity index (χ4n) is 1.71. The van der Waals surface area contributed by atoms with Crippen LogP contribution in [0, 0.1) is 18.6 Å². The lowest BCUT2D eigenvalue weighted by atomic mass is 10.1. The van der Waals surface area contributed by atoms with E-state index in [1.807, 2.05) is 19.0 Å². The van der Waals surface area contributed by atoms with Crippen LogP contribution >= 0.6 is 11.3 Å². The maximum absolute atomic E-state index is 13.8. The van der Waals surface area contributed by atoms with Crippen molar-refractivity contribution in [2.45, 2.75) is 13.3 Å². The largest absolute Gasteiger partial charge is 0.309 e. The highest BCUT2D eigenvalue weighted by Crippen LogP contribution is 2.20. The zero-order valence-corrected chi connectivity index (χ0v) is 13.3. The van der Waals surface area contributed by atoms with Gasteiger partial charge in [0.1, 0.15) is 5.01 Å². The summed E-state index contributed by atoms with van der Waals surface area (Å²) in [4.78, 5) is 14.0. The van der Waals surface area contributed by atoms with Gasteiger partial charge in [-0.1, -0.05) is 17.4 Å². The Morgan fingerprint density at radius 3 is 2.68 bits per heavy atom. The molecule has 0 aliphatic carbocycles. The van der Waals surface area contributed by atoms with Crippen LogP contribution in [0.3, 0.4) is 0 Å². The lowest BCUT2D eigenvalue weighted by molar-refractivity contribution is 0.102.